The molecule has 0 N–H and O–H groups in total. The summed E-state index contributed by atoms with van der Waals surface area (Å²) >= 11 is 3.37. The van der Waals surface area contributed by atoms with E-state index in [1.807, 2.05) is 6.92 Å². The van der Waals surface area contributed by atoms with Gasteiger partial charge in [0.1, 0.15) is 0 Å². The van der Waals surface area contributed by atoms with E-state index >= 15 is 0 Å². The highest BCUT2D eigenvalue weighted by Gasteiger charge is 2.31. The van der Waals surface area contributed by atoms with Crippen molar-refractivity contribution in [3.05, 3.63) is 16.1 Å². The summed E-state index contributed by atoms with van der Waals surface area (Å²) in [5.74, 6) is 1.41. The predicted molar refractivity (Wildman–Crippen MR) is 84.3 cm³/mol. The number of hydrogen-bond acceptors (Lipinski definition) is 6. The maximum absolute atomic E-state index is 12.1. The fraction of sp³-hybridized carbons (Fsp3) is 0.643. The molecule has 21 heavy (non-hydrogen) atoms. The number of thioether (sulfide) groups is 1. The molecule has 1 saturated heterocycles. The number of likely N-dealkylation sites (tertiary alicyclic amines) is 1. The third kappa shape index (κ3) is 4.71. The molecule has 0 saturated carbocycles. The minimum Gasteiger partial charge on any atom is -0.469 e. The average molecular weight is 328 g/mol. The van der Waals surface area contributed by atoms with Gasteiger partial charge in [-0.3, -0.25) is 9.59 Å². The molecule has 1 aromatic heterocycles. The molecule has 1 unspecified atom stereocenters. The molecule has 1 aromatic rings. The lowest BCUT2D eigenvalue weighted by atomic mass is 10.1. The van der Waals surface area contributed by atoms with Gasteiger partial charge in [-0.2, -0.15) is 11.8 Å². The van der Waals surface area contributed by atoms with Crippen LogP contribution in [0.2, 0.25) is 0 Å². The van der Waals surface area contributed by atoms with Gasteiger partial charge in [0.25, 0.3) is 0 Å². The first-order valence-corrected chi connectivity index (χ1v) is 8.98. The second-order valence-corrected chi connectivity index (χ2v) is 7.18. The molecule has 1 atom stereocenters. The van der Waals surface area contributed by atoms with Crippen molar-refractivity contribution in [1.82, 2.24) is 9.88 Å². The quantitative estimate of drug-likeness (QED) is 0.591. The summed E-state index contributed by atoms with van der Waals surface area (Å²) in [7, 11) is 1.39. The fourth-order valence-electron chi connectivity index (χ4n) is 2.31. The van der Waals surface area contributed by atoms with E-state index in [4.69, 9.17) is 4.74 Å². The van der Waals surface area contributed by atoms with Gasteiger partial charge in [0, 0.05) is 36.4 Å². The lowest BCUT2D eigenvalue weighted by molar-refractivity contribution is -0.145. The minimum atomic E-state index is -0.210. The molecule has 0 spiro atoms. The summed E-state index contributed by atoms with van der Waals surface area (Å²) in [6.07, 6.45) is 1.23. The van der Waals surface area contributed by atoms with Crippen LogP contribution >= 0.6 is 23.1 Å². The SMILES string of the molecule is COC(=O)C1CCN(C(=O)CCSCc2csc(C)n2)C1. The molecule has 7 heteroatoms. The average Bonchev–Trinajstić information content (AvgIpc) is 3.11. The molecule has 1 aliphatic rings. The van der Waals surface area contributed by atoms with E-state index in [9.17, 15) is 9.59 Å². The number of hydrogen-bond donors (Lipinski definition) is 0. The van der Waals surface area contributed by atoms with Gasteiger partial charge < -0.3 is 9.64 Å². The van der Waals surface area contributed by atoms with Crippen LogP contribution in [0, 0.1) is 12.8 Å². The van der Waals surface area contributed by atoms with Crippen LogP contribution in [0.25, 0.3) is 0 Å². The number of rotatable bonds is 6. The molecule has 2 rings (SSSR count). The summed E-state index contributed by atoms with van der Waals surface area (Å²) in [5.41, 5.74) is 1.09. The van der Waals surface area contributed by atoms with Crippen LogP contribution in [0.4, 0.5) is 0 Å². The Morgan fingerprint density at radius 1 is 1.57 bits per heavy atom. The van der Waals surface area contributed by atoms with Crippen molar-refractivity contribution in [2.75, 3.05) is 26.0 Å². The lowest BCUT2D eigenvalue weighted by Crippen LogP contribution is -2.30. The second-order valence-electron chi connectivity index (χ2n) is 5.01. The third-order valence-corrected chi connectivity index (χ3v) is 5.27. The molecule has 1 fully saturated rings. The standard InChI is InChI=1S/C14H20N2O3S2/c1-10-15-12(9-21-10)8-20-6-4-13(17)16-5-3-11(7-16)14(18)19-2/h9,11H,3-8H2,1-2H3. The predicted octanol–water partition coefficient (Wildman–Crippen LogP) is 2.10. The fourth-order valence-corrected chi connectivity index (χ4v) is 3.85. The molecule has 1 aliphatic heterocycles. The Labute approximate surface area is 133 Å². The van der Waals surface area contributed by atoms with E-state index in [1.165, 1.54) is 7.11 Å². The maximum Gasteiger partial charge on any atom is 0.310 e. The Balaban J connectivity index is 1.65. The number of aryl methyl sites for hydroxylation is 1. The number of nitrogens with zero attached hydrogens (tertiary/aromatic N) is 2. The van der Waals surface area contributed by atoms with Gasteiger partial charge >= 0.3 is 5.97 Å². The normalized spacial score (nSPS) is 18.0. The first kappa shape index (κ1) is 16.3. The Kier molecular flexibility index (Phi) is 6.05. The zero-order valence-corrected chi connectivity index (χ0v) is 14.0. The minimum absolute atomic E-state index is 0.128. The summed E-state index contributed by atoms with van der Waals surface area (Å²) in [6, 6.07) is 0. The number of carbonyl (C=O) groups is 2. The van der Waals surface area contributed by atoms with Crippen molar-refractivity contribution >= 4 is 35.0 Å². The van der Waals surface area contributed by atoms with Gasteiger partial charge in [-0.1, -0.05) is 0 Å². The van der Waals surface area contributed by atoms with Gasteiger partial charge in [0.05, 0.1) is 23.7 Å². The second kappa shape index (κ2) is 7.79. The van der Waals surface area contributed by atoms with Crippen molar-refractivity contribution in [1.29, 1.82) is 0 Å². The van der Waals surface area contributed by atoms with Gasteiger partial charge in [0.2, 0.25) is 5.91 Å². The number of thiazole rings is 1. The van der Waals surface area contributed by atoms with E-state index in [1.54, 1.807) is 28.0 Å². The highest BCUT2D eigenvalue weighted by atomic mass is 32.2. The van der Waals surface area contributed by atoms with Crippen LogP contribution in [0.3, 0.4) is 0 Å². The highest BCUT2D eigenvalue weighted by molar-refractivity contribution is 7.98. The molecule has 0 aliphatic carbocycles. The summed E-state index contributed by atoms with van der Waals surface area (Å²) in [4.78, 5) is 29.7. The topological polar surface area (TPSA) is 59.5 Å². The highest BCUT2D eigenvalue weighted by Crippen LogP contribution is 2.20. The number of ether oxygens (including phenoxy) is 1. The Hall–Kier alpha value is -1.08. The van der Waals surface area contributed by atoms with Crippen molar-refractivity contribution in [2.45, 2.75) is 25.5 Å². The van der Waals surface area contributed by atoms with E-state index in [2.05, 4.69) is 10.4 Å². The Morgan fingerprint density at radius 2 is 2.38 bits per heavy atom. The Bertz CT molecular complexity index is 504. The monoisotopic (exact) mass is 328 g/mol. The van der Waals surface area contributed by atoms with Gasteiger partial charge in [-0.05, 0) is 13.3 Å². The lowest BCUT2D eigenvalue weighted by Gasteiger charge is -2.15. The van der Waals surface area contributed by atoms with Crippen LogP contribution in [0.1, 0.15) is 23.5 Å². The van der Waals surface area contributed by atoms with Crippen LogP contribution in [0.5, 0.6) is 0 Å². The molecule has 0 radical (unpaired) electrons. The number of amides is 1. The molecule has 116 valence electrons. The maximum atomic E-state index is 12.1. The van der Waals surface area contributed by atoms with Crippen molar-refractivity contribution in [2.24, 2.45) is 5.92 Å². The van der Waals surface area contributed by atoms with Crippen LogP contribution in [-0.4, -0.2) is 47.7 Å². The number of methoxy groups -OCH3 is 1. The largest absolute Gasteiger partial charge is 0.469 e. The molecule has 0 aromatic carbocycles. The van der Waals surface area contributed by atoms with E-state index in [0.717, 1.165) is 22.2 Å². The van der Waals surface area contributed by atoms with Gasteiger partial charge in [-0.25, -0.2) is 4.98 Å². The zero-order chi connectivity index (χ0) is 15.2. The van der Waals surface area contributed by atoms with E-state index in [-0.39, 0.29) is 17.8 Å². The molecular formula is C14H20N2O3S2. The zero-order valence-electron chi connectivity index (χ0n) is 12.3. The Morgan fingerprint density at radius 3 is 3.05 bits per heavy atom. The number of aromatic nitrogens is 1. The first-order valence-electron chi connectivity index (χ1n) is 6.94. The first-order chi connectivity index (χ1) is 10.1. The van der Waals surface area contributed by atoms with E-state index < -0.39 is 0 Å². The van der Waals surface area contributed by atoms with E-state index in [0.29, 0.717) is 25.9 Å². The third-order valence-electron chi connectivity index (χ3n) is 3.45. The van der Waals surface area contributed by atoms with Crippen molar-refractivity contribution in [3.8, 4) is 0 Å². The van der Waals surface area contributed by atoms with Crippen LogP contribution in [0.15, 0.2) is 5.38 Å². The van der Waals surface area contributed by atoms with Crippen molar-refractivity contribution < 1.29 is 14.3 Å². The van der Waals surface area contributed by atoms with Crippen molar-refractivity contribution in [3.63, 3.8) is 0 Å². The molecule has 0 bridgehead atoms. The molecule has 5 nitrogen and oxygen atoms in total. The van der Waals surface area contributed by atoms with Crippen LogP contribution < -0.4 is 0 Å². The molecular weight excluding hydrogens is 308 g/mol. The number of esters is 1. The molecule has 1 amide bonds. The number of carbonyl (C=O) groups excluding carboxylic acids is 2. The molecule has 2 heterocycles. The van der Waals surface area contributed by atoms with Crippen LogP contribution in [-0.2, 0) is 20.1 Å². The summed E-state index contributed by atoms with van der Waals surface area (Å²) < 4.78 is 4.72. The van der Waals surface area contributed by atoms with Gasteiger partial charge in [0.15, 0.2) is 0 Å². The smallest absolute Gasteiger partial charge is 0.310 e. The van der Waals surface area contributed by atoms with Gasteiger partial charge in [-0.15, -0.1) is 11.3 Å². The summed E-state index contributed by atoms with van der Waals surface area (Å²) in [5, 5.41) is 3.14. The summed E-state index contributed by atoms with van der Waals surface area (Å²) in [6.45, 7) is 3.16.